The summed E-state index contributed by atoms with van der Waals surface area (Å²) in [6.45, 7) is 0.0628. The van der Waals surface area contributed by atoms with E-state index in [9.17, 15) is 9.18 Å². The van der Waals surface area contributed by atoms with Crippen LogP contribution < -0.4 is 15.4 Å². The number of hydrogen-bond acceptors (Lipinski definition) is 3. The van der Waals surface area contributed by atoms with E-state index in [1.165, 1.54) is 29.1 Å². The molecule has 8 heteroatoms. The molecule has 0 bridgehead atoms. The number of nitrogens with zero attached hydrogens (tertiary/aromatic N) is 2. The van der Waals surface area contributed by atoms with Crippen LogP contribution in [0.1, 0.15) is 0 Å². The van der Waals surface area contributed by atoms with E-state index in [2.05, 4.69) is 15.7 Å². The van der Waals surface area contributed by atoms with E-state index in [1.54, 1.807) is 18.3 Å². The van der Waals surface area contributed by atoms with E-state index in [0.29, 0.717) is 17.1 Å². The fourth-order valence-corrected chi connectivity index (χ4v) is 2.26. The van der Waals surface area contributed by atoms with Crippen LogP contribution in [-0.4, -0.2) is 15.8 Å². The van der Waals surface area contributed by atoms with Crippen molar-refractivity contribution in [2.45, 2.75) is 6.73 Å². The Morgan fingerprint density at radius 1 is 1.16 bits per heavy atom. The molecule has 0 saturated carbocycles. The molecule has 0 aliphatic heterocycles. The van der Waals surface area contributed by atoms with Gasteiger partial charge in [0.15, 0.2) is 6.73 Å². The third-order valence-electron chi connectivity index (χ3n) is 3.17. The minimum absolute atomic E-state index is 0.0628. The summed E-state index contributed by atoms with van der Waals surface area (Å²) in [6.07, 6.45) is 3.09. The zero-order valence-electron chi connectivity index (χ0n) is 12.9. The third kappa shape index (κ3) is 4.71. The van der Waals surface area contributed by atoms with Crippen LogP contribution >= 0.6 is 11.6 Å². The Hall–Kier alpha value is -3.06. The highest BCUT2D eigenvalue weighted by atomic mass is 35.5. The van der Waals surface area contributed by atoms with Crippen LogP contribution in [0.25, 0.3) is 0 Å². The maximum absolute atomic E-state index is 13.0. The lowest BCUT2D eigenvalue weighted by atomic mass is 10.3. The maximum Gasteiger partial charge on any atom is 0.323 e. The number of halogens is 2. The van der Waals surface area contributed by atoms with Gasteiger partial charge >= 0.3 is 6.03 Å². The van der Waals surface area contributed by atoms with Crippen molar-refractivity contribution in [1.29, 1.82) is 0 Å². The average Bonchev–Trinajstić information content (AvgIpc) is 3.02. The molecule has 1 aromatic heterocycles. The van der Waals surface area contributed by atoms with Gasteiger partial charge in [-0.1, -0.05) is 29.8 Å². The molecule has 0 radical (unpaired) electrons. The minimum atomic E-state index is -0.438. The Morgan fingerprint density at radius 2 is 1.92 bits per heavy atom. The largest absolute Gasteiger partial charge is 0.470 e. The Kier molecular flexibility index (Phi) is 5.15. The molecule has 0 spiro atoms. The number of anilines is 2. The van der Waals surface area contributed by atoms with Crippen LogP contribution in [0.15, 0.2) is 60.9 Å². The van der Waals surface area contributed by atoms with Gasteiger partial charge in [-0.3, -0.25) is 0 Å². The molecule has 3 aromatic rings. The van der Waals surface area contributed by atoms with E-state index < -0.39 is 5.82 Å². The van der Waals surface area contributed by atoms with Crippen LogP contribution in [0.4, 0.5) is 20.6 Å². The van der Waals surface area contributed by atoms with Gasteiger partial charge in [0.1, 0.15) is 11.6 Å². The number of carbonyl (C=O) groups excluding carboxylic acids is 1. The number of ether oxygens (including phenoxy) is 1. The van der Waals surface area contributed by atoms with E-state index in [-0.39, 0.29) is 17.8 Å². The van der Waals surface area contributed by atoms with E-state index in [1.807, 2.05) is 18.2 Å². The van der Waals surface area contributed by atoms with Gasteiger partial charge in [0, 0.05) is 5.69 Å². The minimum Gasteiger partial charge on any atom is -0.470 e. The number of amides is 2. The number of carbonyl (C=O) groups is 1. The Labute approximate surface area is 148 Å². The van der Waals surface area contributed by atoms with Crippen molar-refractivity contribution < 1.29 is 13.9 Å². The van der Waals surface area contributed by atoms with Crippen molar-refractivity contribution in [3.63, 3.8) is 0 Å². The first-order chi connectivity index (χ1) is 12.1. The lowest BCUT2D eigenvalue weighted by molar-refractivity contribution is 0.221. The van der Waals surface area contributed by atoms with Gasteiger partial charge in [0.25, 0.3) is 0 Å². The first-order valence-electron chi connectivity index (χ1n) is 7.33. The zero-order valence-corrected chi connectivity index (χ0v) is 13.7. The number of nitrogens with one attached hydrogen (secondary N) is 2. The molecular weight excluding hydrogens is 347 g/mol. The van der Waals surface area contributed by atoms with Crippen molar-refractivity contribution in [3.05, 3.63) is 71.8 Å². The topological polar surface area (TPSA) is 68.2 Å². The first kappa shape index (κ1) is 16.8. The highest BCUT2D eigenvalue weighted by Crippen LogP contribution is 2.25. The predicted octanol–water partition coefficient (Wildman–Crippen LogP) is 4.36. The molecule has 128 valence electrons. The quantitative estimate of drug-likeness (QED) is 0.710. The molecule has 0 aliphatic rings. The summed E-state index contributed by atoms with van der Waals surface area (Å²) in [5, 5.41) is 9.61. The Bertz CT molecular complexity index is 870. The van der Waals surface area contributed by atoms with Gasteiger partial charge in [-0.25, -0.2) is 13.9 Å². The van der Waals surface area contributed by atoms with E-state index >= 15 is 0 Å². The van der Waals surface area contributed by atoms with Gasteiger partial charge < -0.3 is 15.4 Å². The molecule has 2 amide bonds. The molecule has 0 atom stereocenters. The van der Waals surface area contributed by atoms with Crippen LogP contribution in [0, 0.1) is 5.82 Å². The number of rotatable bonds is 5. The van der Waals surface area contributed by atoms with Crippen LogP contribution in [0.3, 0.4) is 0 Å². The van der Waals surface area contributed by atoms with Gasteiger partial charge in [-0.2, -0.15) is 5.10 Å². The molecule has 1 heterocycles. The summed E-state index contributed by atoms with van der Waals surface area (Å²) in [7, 11) is 0. The maximum atomic E-state index is 13.0. The van der Waals surface area contributed by atoms with Crippen molar-refractivity contribution in [2.24, 2.45) is 0 Å². The molecule has 2 aromatic carbocycles. The van der Waals surface area contributed by atoms with Crippen molar-refractivity contribution in [3.8, 4) is 5.75 Å². The molecule has 2 N–H and O–H groups in total. The summed E-state index contributed by atoms with van der Waals surface area (Å²) in [5.41, 5.74) is 1.18. The molecular formula is C17H14ClFN4O2. The first-order valence-corrected chi connectivity index (χ1v) is 7.71. The summed E-state index contributed by atoms with van der Waals surface area (Å²) in [5.74, 6) is -0.0951. The molecule has 25 heavy (non-hydrogen) atoms. The molecule has 3 rings (SSSR count). The number of para-hydroxylation sites is 1. The second kappa shape index (κ2) is 7.67. The fraction of sp³-hybridized carbons (Fsp3) is 0.0588. The standard InChI is InChI=1S/C17H14ClFN4O2/c18-15-8-12(19)6-7-16(15)25-11-23-10-14(9-20-23)22-17(24)21-13-4-2-1-3-5-13/h1-10H,11H2,(H2,21,22,24). The molecule has 0 unspecified atom stereocenters. The van der Waals surface area contributed by atoms with Crippen molar-refractivity contribution in [1.82, 2.24) is 9.78 Å². The second-order valence-corrected chi connectivity index (χ2v) is 5.47. The molecule has 0 fully saturated rings. The number of benzene rings is 2. The summed E-state index contributed by atoms with van der Waals surface area (Å²) in [4.78, 5) is 11.9. The highest BCUT2D eigenvalue weighted by Gasteiger charge is 2.06. The summed E-state index contributed by atoms with van der Waals surface area (Å²) in [6, 6.07) is 12.6. The average molecular weight is 361 g/mol. The van der Waals surface area contributed by atoms with Gasteiger partial charge in [-0.05, 0) is 30.3 Å². The monoisotopic (exact) mass is 360 g/mol. The summed E-state index contributed by atoms with van der Waals surface area (Å²) >= 11 is 5.89. The van der Waals surface area contributed by atoms with Crippen LogP contribution in [0.2, 0.25) is 5.02 Å². The molecule has 0 saturated heterocycles. The number of hydrogen-bond donors (Lipinski definition) is 2. The van der Waals surface area contributed by atoms with Crippen molar-refractivity contribution >= 4 is 29.0 Å². The number of urea groups is 1. The van der Waals surface area contributed by atoms with E-state index in [4.69, 9.17) is 16.3 Å². The Balaban J connectivity index is 1.54. The van der Waals surface area contributed by atoms with Crippen molar-refractivity contribution in [2.75, 3.05) is 10.6 Å². The van der Waals surface area contributed by atoms with Gasteiger partial charge in [0.05, 0.1) is 23.1 Å². The molecule has 0 aliphatic carbocycles. The normalized spacial score (nSPS) is 10.3. The zero-order chi connectivity index (χ0) is 17.6. The second-order valence-electron chi connectivity index (χ2n) is 5.06. The lowest BCUT2D eigenvalue weighted by Gasteiger charge is -2.08. The fourth-order valence-electron chi connectivity index (χ4n) is 2.04. The van der Waals surface area contributed by atoms with Gasteiger partial charge in [-0.15, -0.1) is 0 Å². The van der Waals surface area contributed by atoms with Crippen LogP contribution in [0.5, 0.6) is 5.75 Å². The van der Waals surface area contributed by atoms with Gasteiger partial charge in [0.2, 0.25) is 0 Å². The smallest absolute Gasteiger partial charge is 0.323 e. The Morgan fingerprint density at radius 3 is 2.68 bits per heavy atom. The van der Waals surface area contributed by atoms with E-state index in [0.717, 1.165) is 0 Å². The number of aromatic nitrogens is 2. The third-order valence-corrected chi connectivity index (χ3v) is 3.46. The summed E-state index contributed by atoms with van der Waals surface area (Å²) < 4.78 is 19.9. The van der Waals surface area contributed by atoms with Crippen LogP contribution in [-0.2, 0) is 6.73 Å². The molecule has 6 nitrogen and oxygen atoms in total. The SMILES string of the molecule is O=C(Nc1ccccc1)Nc1cnn(COc2ccc(F)cc2Cl)c1. The lowest BCUT2D eigenvalue weighted by Crippen LogP contribution is -2.19. The predicted molar refractivity (Wildman–Crippen MR) is 93.3 cm³/mol. The highest BCUT2D eigenvalue weighted by molar-refractivity contribution is 6.32.